The smallest absolute Gasteiger partial charge is 0.165 e. The molecule has 1 aliphatic heterocycles. The van der Waals surface area contributed by atoms with Crippen molar-refractivity contribution in [2.24, 2.45) is 0 Å². The average molecular weight is 327 g/mol. The summed E-state index contributed by atoms with van der Waals surface area (Å²) in [5, 5.41) is 13.4. The Bertz CT molecular complexity index is 628. The molecule has 0 saturated carbocycles. The highest BCUT2D eigenvalue weighted by Crippen LogP contribution is 2.39. The quantitative estimate of drug-likeness (QED) is 0.909. The fourth-order valence-electron chi connectivity index (χ4n) is 2.70. The van der Waals surface area contributed by atoms with E-state index in [2.05, 4.69) is 10.2 Å². The molecular weight excluding hydrogens is 311 g/mol. The van der Waals surface area contributed by atoms with Gasteiger partial charge in [-0.05, 0) is 18.2 Å². The Balaban J connectivity index is 2.04. The highest BCUT2D eigenvalue weighted by molar-refractivity contribution is 7.16. The van der Waals surface area contributed by atoms with Gasteiger partial charge in [-0.3, -0.25) is 4.90 Å². The molecule has 112 valence electrons. The van der Waals surface area contributed by atoms with E-state index in [1.54, 1.807) is 12.1 Å². The van der Waals surface area contributed by atoms with Crippen LogP contribution in [-0.2, 0) is 0 Å². The van der Waals surface area contributed by atoms with Crippen molar-refractivity contribution < 1.29 is 9.50 Å². The third-order valence-corrected chi connectivity index (χ3v) is 4.98. The molecule has 1 aliphatic rings. The number of halogens is 2. The van der Waals surface area contributed by atoms with E-state index in [1.807, 2.05) is 12.1 Å². The lowest BCUT2D eigenvalue weighted by Gasteiger charge is -2.35. The van der Waals surface area contributed by atoms with Gasteiger partial charge in [0.2, 0.25) is 0 Å². The van der Waals surface area contributed by atoms with Gasteiger partial charge in [-0.15, -0.1) is 11.3 Å². The molecule has 6 heteroatoms. The molecule has 3 nitrogen and oxygen atoms in total. The summed E-state index contributed by atoms with van der Waals surface area (Å²) in [6.07, 6.45) is 0. The number of phenolic OH excluding ortho intramolecular Hbond substituents is 1. The monoisotopic (exact) mass is 326 g/mol. The summed E-state index contributed by atoms with van der Waals surface area (Å²) in [6, 6.07) is 8.31. The minimum absolute atomic E-state index is 0.166. The van der Waals surface area contributed by atoms with E-state index >= 15 is 0 Å². The van der Waals surface area contributed by atoms with Crippen LogP contribution in [-0.4, -0.2) is 36.2 Å². The van der Waals surface area contributed by atoms with Crippen LogP contribution in [0.25, 0.3) is 0 Å². The Morgan fingerprint density at radius 2 is 2.00 bits per heavy atom. The molecule has 1 saturated heterocycles. The number of thiophene rings is 1. The van der Waals surface area contributed by atoms with E-state index in [0.29, 0.717) is 9.90 Å². The number of hydrogen-bond donors (Lipinski definition) is 2. The number of rotatable bonds is 3. The zero-order valence-electron chi connectivity index (χ0n) is 11.4. The summed E-state index contributed by atoms with van der Waals surface area (Å²) in [7, 11) is 0. The fourth-order valence-corrected chi connectivity index (χ4v) is 3.91. The number of nitrogens with one attached hydrogen (secondary N) is 1. The van der Waals surface area contributed by atoms with Crippen molar-refractivity contribution in [1.29, 1.82) is 0 Å². The Morgan fingerprint density at radius 3 is 2.67 bits per heavy atom. The molecule has 0 aliphatic carbocycles. The van der Waals surface area contributed by atoms with Gasteiger partial charge in [0.25, 0.3) is 0 Å². The van der Waals surface area contributed by atoms with Crippen LogP contribution < -0.4 is 5.32 Å². The highest BCUT2D eigenvalue weighted by Gasteiger charge is 2.28. The number of phenols is 1. The Kier molecular flexibility index (Phi) is 4.45. The van der Waals surface area contributed by atoms with Crippen LogP contribution in [0.5, 0.6) is 5.75 Å². The van der Waals surface area contributed by atoms with Crippen LogP contribution >= 0.6 is 22.9 Å². The lowest BCUT2D eigenvalue weighted by atomic mass is 10.0. The minimum atomic E-state index is -0.588. The van der Waals surface area contributed by atoms with E-state index in [4.69, 9.17) is 11.6 Å². The number of hydrogen-bond acceptors (Lipinski definition) is 4. The van der Waals surface area contributed by atoms with E-state index < -0.39 is 5.82 Å². The average Bonchev–Trinajstić information content (AvgIpc) is 2.91. The van der Waals surface area contributed by atoms with Gasteiger partial charge in [-0.2, -0.15) is 0 Å². The Morgan fingerprint density at radius 1 is 1.24 bits per heavy atom. The molecule has 0 spiro atoms. The summed E-state index contributed by atoms with van der Waals surface area (Å²) >= 11 is 7.52. The number of para-hydroxylation sites is 1. The summed E-state index contributed by atoms with van der Waals surface area (Å²) in [5.41, 5.74) is 0.593. The molecule has 1 atom stereocenters. The van der Waals surface area contributed by atoms with Crippen LogP contribution in [0.2, 0.25) is 4.34 Å². The SMILES string of the molecule is Oc1c(F)cccc1[C@@H](c1ccc(Cl)s1)N1CCNCC1. The first-order chi connectivity index (χ1) is 10.2. The predicted octanol–water partition coefficient (Wildman–Crippen LogP) is 3.24. The van der Waals surface area contributed by atoms with E-state index in [9.17, 15) is 9.50 Å². The summed E-state index contributed by atoms with van der Waals surface area (Å²) in [4.78, 5) is 3.26. The van der Waals surface area contributed by atoms with Gasteiger partial charge >= 0.3 is 0 Å². The van der Waals surface area contributed by atoms with Gasteiger partial charge in [-0.1, -0.05) is 23.7 Å². The largest absolute Gasteiger partial charge is 0.505 e. The molecule has 0 amide bonds. The minimum Gasteiger partial charge on any atom is -0.505 e. The molecule has 0 bridgehead atoms. The normalized spacial score (nSPS) is 17.8. The van der Waals surface area contributed by atoms with Crippen molar-refractivity contribution in [1.82, 2.24) is 10.2 Å². The molecule has 1 aromatic heterocycles. The highest BCUT2D eigenvalue weighted by atomic mass is 35.5. The molecule has 2 N–H and O–H groups in total. The van der Waals surface area contributed by atoms with Crippen molar-refractivity contribution in [3.8, 4) is 5.75 Å². The molecule has 21 heavy (non-hydrogen) atoms. The third kappa shape index (κ3) is 3.06. The third-order valence-electron chi connectivity index (χ3n) is 3.69. The van der Waals surface area contributed by atoms with Crippen molar-refractivity contribution in [3.05, 3.63) is 50.9 Å². The molecule has 0 unspecified atom stereocenters. The molecular formula is C15H16ClFN2OS. The summed E-state index contributed by atoms with van der Waals surface area (Å²) in [5.74, 6) is -0.860. The number of nitrogens with zero attached hydrogens (tertiary/aromatic N) is 1. The lowest BCUT2D eigenvalue weighted by molar-refractivity contribution is 0.197. The first-order valence-electron chi connectivity index (χ1n) is 6.84. The first kappa shape index (κ1) is 14.8. The molecule has 2 heterocycles. The van der Waals surface area contributed by atoms with E-state index in [0.717, 1.165) is 31.1 Å². The van der Waals surface area contributed by atoms with Crippen molar-refractivity contribution >= 4 is 22.9 Å². The molecule has 2 aromatic rings. The van der Waals surface area contributed by atoms with Crippen LogP contribution in [0.1, 0.15) is 16.5 Å². The number of piperazine rings is 1. The zero-order chi connectivity index (χ0) is 14.8. The fraction of sp³-hybridized carbons (Fsp3) is 0.333. The van der Waals surface area contributed by atoms with Gasteiger partial charge in [0.1, 0.15) is 0 Å². The van der Waals surface area contributed by atoms with Crippen LogP contribution in [0.15, 0.2) is 30.3 Å². The van der Waals surface area contributed by atoms with Crippen LogP contribution in [0.3, 0.4) is 0 Å². The van der Waals surface area contributed by atoms with Crippen molar-refractivity contribution in [2.75, 3.05) is 26.2 Å². The second-order valence-electron chi connectivity index (χ2n) is 5.01. The summed E-state index contributed by atoms with van der Waals surface area (Å²) in [6.45, 7) is 3.45. The number of benzene rings is 1. The molecule has 1 fully saturated rings. The zero-order valence-corrected chi connectivity index (χ0v) is 12.9. The van der Waals surface area contributed by atoms with Crippen LogP contribution in [0.4, 0.5) is 4.39 Å². The second kappa shape index (κ2) is 6.32. The van der Waals surface area contributed by atoms with Crippen LogP contribution in [0, 0.1) is 5.82 Å². The maximum absolute atomic E-state index is 13.7. The maximum Gasteiger partial charge on any atom is 0.165 e. The van der Waals surface area contributed by atoms with Gasteiger partial charge < -0.3 is 10.4 Å². The topological polar surface area (TPSA) is 35.5 Å². The molecule has 0 radical (unpaired) electrons. The molecule has 1 aromatic carbocycles. The van der Waals surface area contributed by atoms with E-state index in [-0.39, 0.29) is 11.8 Å². The predicted molar refractivity (Wildman–Crippen MR) is 83.7 cm³/mol. The van der Waals surface area contributed by atoms with Gasteiger partial charge in [0.15, 0.2) is 11.6 Å². The van der Waals surface area contributed by atoms with E-state index in [1.165, 1.54) is 17.4 Å². The van der Waals surface area contributed by atoms with Crippen molar-refractivity contribution in [3.63, 3.8) is 0 Å². The standard InChI is InChI=1S/C15H16ClFN2OS/c16-13-5-4-12(21-13)14(19-8-6-18-7-9-19)10-2-1-3-11(17)15(10)20/h1-5,14,18,20H,6-9H2/t14-/m0/s1. The first-order valence-corrected chi connectivity index (χ1v) is 8.03. The Labute approximate surface area is 132 Å². The maximum atomic E-state index is 13.7. The van der Waals surface area contributed by atoms with Crippen molar-refractivity contribution in [2.45, 2.75) is 6.04 Å². The lowest BCUT2D eigenvalue weighted by Crippen LogP contribution is -2.45. The van der Waals surface area contributed by atoms with Gasteiger partial charge in [-0.25, -0.2) is 4.39 Å². The second-order valence-corrected chi connectivity index (χ2v) is 6.75. The molecule has 3 rings (SSSR count). The van der Waals surface area contributed by atoms with Gasteiger partial charge in [0, 0.05) is 36.6 Å². The van der Waals surface area contributed by atoms with Gasteiger partial charge in [0.05, 0.1) is 10.4 Å². The summed E-state index contributed by atoms with van der Waals surface area (Å²) < 4.78 is 14.4. The number of aromatic hydroxyl groups is 1. The Hall–Kier alpha value is -1.14.